The summed E-state index contributed by atoms with van der Waals surface area (Å²) in [4.78, 5) is 4.08. The normalized spacial score (nSPS) is 15.1. The van der Waals surface area contributed by atoms with E-state index < -0.39 is 5.54 Å². The van der Waals surface area contributed by atoms with Crippen LogP contribution < -0.4 is 10.5 Å². The van der Waals surface area contributed by atoms with Crippen molar-refractivity contribution in [2.24, 2.45) is 5.73 Å². The van der Waals surface area contributed by atoms with Crippen molar-refractivity contribution in [2.75, 3.05) is 13.7 Å². The van der Waals surface area contributed by atoms with Crippen molar-refractivity contribution in [3.05, 3.63) is 24.0 Å². The van der Waals surface area contributed by atoms with Crippen LogP contribution in [-0.4, -0.2) is 23.8 Å². The number of methoxy groups -OCH3 is 1. The summed E-state index contributed by atoms with van der Waals surface area (Å²) in [6.07, 6.45) is 1.62. The SMILES string of the molecule is COc1cccnc1[C@](C)(N)CO. The largest absolute Gasteiger partial charge is 0.495 e. The molecule has 4 heteroatoms. The zero-order chi connectivity index (χ0) is 9.90. The summed E-state index contributed by atoms with van der Waals surface area (Å²) in [7, 11) is 1.55. The van der Waals surface area contributed by atoms with Gasteiger partial charge in [0.05, 0.1) is 19.3 Å². The van der Waals surface area contributed by atoms with Crippen LogP contribution in [0.2, 0.25) is 0 Å². The average molecular weight is 182 g/mol. The predicted octanol–water partition coefficient (Wildman–Crippen LogP) is 0.256. The number of pyridine rings is 1. The number of hydrogen-bond acceptors (Lipinski definition) is 4. The summed E-state index contributed by atoms with van der Waals surface area (Å²) in [5, 5.41) is 9.05. The molecule has 1 rings (SSSR count). The third-order valence-corrected chi connectivity index (χ3v) is 1.86. The van der Waals surface area contributed by atoms with Crippen LogP contribution in [0, 0.1) is 0 Å². The van der Waals surface area contributed by atoms with Gasteiger partial charge < -0.3 is 15.6 Å². The Morgan fingerprint density at radius 2 is 2.38 bits per heavy atom. The number of nitrogens with two attached hydrogens (primary N) is 1. The van der Waals surface area contributed by atoms with Gasteiger partial charge in [-0.25, -0.2) is 0 Å². The molecule has 0 fully saturated rings. The molecule has 1 aromatic rings. The first kappa shape index (κ1) is 9.95. The maximum Gasteiger partial charge on any atom is 0.142 e. The highest BCUT2D eigenvalue weighted by Gasteiger charge is 2.25. The second kappa shape index (κ2) is 3.72. The van der Waals surface area contributed by atoms with Crippen molar-refractivity contribution in [1.82, 2.24) is 4.98 Å². The highest BCUT2D eigenvalue weighted by molar-refractivity contribution is 5.32. The lowest BCUT2D eigenvalue weighted by molar-refractivity contribution is 0.202. The molecule has 0 radical (unpaired) electrons. The van der Waals surface area contributed by atoms with Gasteiger partial charge in [0.1, 0.15) is 11.4 Å². The molecule has 0 aliphatic heterocycles. The molecule has 13 heavy (non-hydrogen) atoms. The van der Waals surface area contributed by atoms with Crippen LogP contribution in [-0.2, 0) is 5.54 Å². The summed E-state index contributed by atoms with van der Waals surface area (Å²) in [5.41, 5.74) is 5.54. The zero-order valence-corrected chi connectivity index (χ0v) is 7.82. The molecule has 0 amide bonds. The summed E-state index contributed by atoms with van der Waals surface area (Å²) in [6.45, 7) is 1.54. The van der Waals surface area contributed by atoms with Crippen molar-refractivity contribution >= 4 is 0 Å². The van der Waals surface area contributed by atoms with Crippen LogP contribution in [0.3, 0.4) is 0 Å². The molecule has 1 atom stereocenters. The van der Waals surface area contributed by atoms with Gasteiger partial charge in [0.25, 0.3) is 0 Å². The molecular formula is C9H14N2O2. The summed E-state index contributed by atoms with van der Waals surface area (Å²) in [5.74, 6) is 0.599. The van der Waals surface area contributed by atoms with Gasteiger partial charge in [-0.2, -0.15) is 0 Å². The molecule has 4 nitrogen and oxygen atoms in total. The van der Waals surface area contributed by atoms with E-state index in [1.54, 1.807) is 32.4 Å². The van der Waals surface area contributed by atoms with Gasteiger partial charge in [-0.15, -0.1) is 0 Å². The number of nitrogens with zero attached hydrogens (tertiary/aromatic N) is 1. The molecular weight excluding hydrogens is 168 g/mol. The van der Waals surface area contributed by atoms with Crippen LogP contribution in [0.15, 0.2) is 18.3 Å². The fourth-order valence-corrected chi connectivity index (χ4v) is 1.06. The van der Waals surface area contributed by atoms with Gasteiger partial charge >= 0.3 is 0 Å². The van der Waals surface area contributed by atoms with Crippen molar-refractivity contribution in [2.45, 2.75) is 12.5 Å². The molecule has 0 aliphatic carbocycles. The summed E-state index contributed by atoms with van der Waals surface area (Å²) >= 11 is 0. The topological polar surface area (TPSA) is 68.4 Å². The third-order valence-electron chi connectivity index (χ3n) is 1.86. The molecule has 1 aromatic heterocycles. The summed E-state index contributed by atoms with van der Waals surface area (Å²) in [6, 6.07) is 3.53. The zero-order valence-electron chi connectivity index (χ0n) is 7.82. The van der Waals surface area contributed by atoms with Gasteiger partial charge in [-0.3, -0.25) is 4.98 Å². The van der Waals surface area contributed by atoms with E-state index in [2.05, 4.69) is 4.98 Å². The Hall–Kier alpha value is -1.13. The second-order valence-electron chi connectivity index (χ2n) is 3.13. The van der Waals surface area contributed by atoms with E-state index in [0.717, 1.165) is 0 Å². The minimum atomic E-state index is -0.855. The Labute approximate surface area is 77.4 Å². The molecule has 0 saturated carbocycles. The fourth-order valence-electron chi connectivity index (χ4n) is 1.06. The number of aliphatic hydroxyl groups is 1. The third kappa shape index (κ3) is 1.96. The minimum absolute atomic E-state index is 0.166. The van der Waals surface area contributed by atoms with E-state index in [0.29, 0.717) is 11.4 Å². The average Bonchev–Trinajstić information content (AvgIpc) is 2.18. The maximum atomic E-state index is 9.05. The fraction of sp³-hybridized carbons (Fsp3) is 0.444. The lowest BCUT2D eigenvalue weighted by Crippen LogP contribution is -2.38. The number of ether oxygens (including phenoxy) is 1. The maximum absolute atomic E-state index is 9.05. The number of aromatic nitrogens is 1. The predicted molar refractivity (Wildman–Crippen MR) is 49.4 cm³/mol. The Balaban J connectivity index is 3.12. The van der Waals surface area contributed by atoms with Gasteiger partial charge in [-0.1, -0.05) is 0 Å². The van der Waals surface area contributed by atoms with Crippen LogP contribution in [0.4, 0.5) is 0 Å². The standard InChI is InChI=1S/C9H14N2O2/c1-9(10,6-12)8-7(13-2)4-3-5-11-8/h3-5,12H,6,10H2,1-2H3/t9-/m1/s1. The highest BCUT2D eigenvalue weighted by atomic mass is 16.5. The molecule has 1 heterocycles. The minimum Gasteiger partial charge on any atom is -0.495 e. The van der Waals surface area contributed by atoms with Crippen molar-refractivity contribution < 1.29 is 9.84 Å². The Bertz CT molecular complexity index is 287. The first-order valence-corrected chi connectivity index (χ1v) is 4.01. The Kier molecular flexibility index (Phi) is 2.85. The van der Waals surface area contributed by atoms with E-state index >= 15 is 0 Å². The van der Waals surface area contributed by atoms with Gasteiger partial charge in [0.2, 0.25) is 0 Å². The molecule has 0 bridgehead atoms. The van der Waals surface area contributed by atoms with Crippen molar-refractivity contribution in [3.8, 4) is 5.75 Å². The Morgan fingerprint density at radius 1 is 1.69 bits per heavy atom. The molecule has 3 N–H and O–H groups in total. The molecule has 0 aliphatic rings. The van der Waals surface area contributed by atoms with Crippen LogP contribution in [0.1, 0.15) is 12.6 Å². The number of aliphatic hydroxyl groups excluding tert-OH is 1. The quantitative estimate of drug-likeness (QED) is 0.703. The molecule has 0 saturated heterocycles. The van der Waals surface area contributed by atoms with E-state index in [-0.39, 0.29) is 6.61 Å². The first-order chi connectivity index (χ1) is 6.11. The van der Waals surface area contributed by atoms with E-state index in [4.69, 9.17) is 15.6 Å². The van der Waals surface area contributed by atoms with Crippen LogP contribution in [0.5, 0.6) is 5.75 Å². The number of rotatable bonds is 3. The van der Waals surface area contributed by atoms with Gasteiger partial charge in [0.15, 0.2) is 0 Å². The van der Waals surface area contributed by atoms with Crippen LogP contribution in [0.25, 0.3) is 0 Å². The van der Waals surface area contributed by atoms with Gasteiger partial charge in [-0.05, 0) is 19.1 Å². The van der Waals surface area contributed by atoms with Crippen molar-refractivity contribution in [1.29, 1.82) is 0 Å². The van der Waals surface area contributed by atoms with E-state index in [1.165, 1.54) is 0 Å². The Morgan fingerprint density at radius 3 is 2.92 bits per heavy atom. The molecule has 0 aromatic carbocycles. The second-order valence-corrected chi connectivity index (χ2v) is 3.13. The summed E-state index contributed by atoms with van der Waals surface area (Å²) < 4.78 is 5.08. The molecule has 0 spiro atoms. The van der Waals surface area contributed by atoms with E-state index in [1.807, 2.05) is 0 Å². The smallest absolute Gasteiger partial charge is 0.142 e. The van der Waals surface area contributed by atoms with Crippen molar-refractivity contribution in [3.63, 3.8) is 0 Å². The number of hydrogen-bond donors (Lipinski definition) is 2. The molecule has 72 valence electrons. The van der Waals surface area contributed by atoms with E-state index in [9.17, 15) is 0 Å². The lowest BCUT2D eigenvalue weighted by atomic mass is 9.99. The van der Waals surface area contributed by atoms with Gasteiger partial charge in [0, 0.05) is 6.20 Å². The lowest BCUT2D eigenvalue weighted by Gasteiger charge is -2.22. The monoisotopic (exact) mass is 182 g/mol. The highest BCUT2D eigenvalue weighted by Crippen LogP contribution is 2.24. The first-order valence-electron chi connectivity index (χ1n) is 4.01. The van der Waals surface area contributed by atoms with Crippen LogP contribution >= 0.6 is 0 Å². The molecule has 0 unspecified atom stereocenters.